The number of anilines is 2. The number of hydrogen-bond donors (Lipinski definition) is 2. The molecule has 0 bridgehead atoms. The molecule has 0 aliphatic rings. The van der Waals surface area contributed by atoms with Gasteiger partial charge in [-0.15, -0.1) is 0 Å². The van der Waals surface area contributed by atoms with Crippen molar-refractivity contribution in [2.24, 2.45) is 0 Å². The summed E-state index contributed by atoms with van der Waals surface area (Å²) in [5.41, 5.74) is 2.45. The van der Waals surface area contributed by atoms with Crippen LogP contribution in [0.3, 0.4) is 0 Å². The van der Waals surface area contributed by atoms with Crippen LogP contribution in [0.4, 0.5) is 11.4 Å². The Morgan fingerprint density at radius 3 is 2.40 bits per heavy atom. The van der Waals surface area contributed by atoms with Crippen LogP contribution in [0.15, 0.2) is 72.8 Å². The number of amides is 2. The number of benzene rings is 3. The molecular formula is C24H24N2O4. The first kappa shape index (κ1) is 20.9. The van der Waals surface area contributed by atoms with E-state index >= 15 is 0 Å². The molecule has 0 aliphatic carbocycles. The molecule has 0 fully saturated rings. The summed E-state index contributed by atoms with van der Waals surface area (Å²) in [6.45, 7) is 2.39. The highest BCUT2D eigenvalue weighted by molar-refractivity contribution is 6.06. The van der Waals surface area contributed by atoms with E-state index in [0.717, 1.165) is 11.3 Å². The standard InChI is InChI=1S/C24H24N2O4/c1-3-30-22-10-5-4-9-21(22)26-24(28)18-7-6-8-19(16-18)25-23(27)15-17-11-13-20(29-2)14-12-17/h4-14,16H,3,15H2,1-2H3,(H,25,27)(H,26,28). The fourth-order valence-electron chi connectivity index (χ4n) is 2.92. The van der Waals surface area contributed by atoms with Gasteiger partial charge in [0.05, 0.1) is 25.8 Å². The molecule has 6 nitrogen and oxygen atoms in total. The van der Waals surface area contributed by atoms with Gasteiger partial charge in [0.2, 0.25) is 5.91 Å². The Kier molecular flexibility index (Phi) is 7.05. The molecule has 3 aromatic carbocycles. The Balaban J connectivity index is 1.65. The second-order valence-electron chi connectivity index (χ2n) is 6.54. The van der Waals surface area contributed by atoms with E-state index in [1.807, 2.05) is 43.3 Å². The molecule has 0 heterocycles. The minimum atomic E-state index is -0.284. The highest BCUT2D eigenvalue weighted by Crippen LogP contribution is 2.24. The summed E-state index contributed by atoms with van der Waals surface area (Å²) in [5.74, 6) is 0.897. The van der Waals surface area contributed by atoms with Crippen molar-refractivity contribution >= 4 is 23.2 Å². The number of para-hydroxylation sites is 2. The van der Waals surface area contributed by atoms with Crippen LogP contribution in [0.25, 0.3) is 0 Å². The van der Waals surface area contributed by atoms with Crippen LogP contribution in [-0.2, 0) is 11.2 Å². The molecule has 3 rings (SSSR count). The van der Waals surface area contributed by atoms with Crippen molar-refractivity contribution < 1.29 is 19.1 Å². The van der Waals surface area contributed by atoms with E-state index in [-0.39, 0.29) is 18.2 Å². The van der Waals surface area contributed by atoms with E-state index < -0.39 is 0 Å². The van der Waals surface area contributed by atoms with Crippen LogP contribution in [0.1, 0.15) is 22.8 Å². The molecule has 0 radical (unpaired) electrons. The molecule has 154 valence electrons. The SMILES string of the molecule is CCOc1ccccc1NC(=O)c1cccc(NC(=O)Cc2ccc(OC)cc2)c1. The van der Waals surface area contributed by atoms with Gasteiger partial charge < -0.3 is 20.1 Å². The number of hydrogen-bond acceptors (Lipinski definition) is 4. The second-order valence-corrected chi connectivity index (χ2v) is 6.54. The highest BCUT2D eigenvalue weighted by Gasteiger charge is 2.11. The van der Waals surface area contributed by atoms with Crippen LogP contribution in [-0.4, -0.2) is 25.5 Å². The van der Waals surface area contributed by atoms with Gasteiger partial charge in [0.25, 0.3) is 5.91 Å². The van der Waals surface area contributed by atoms with Gasteiger partial charge in [0.1, 0.15) is 11.5 Å². The lowest BCUT2D eigenvalue weighted by Gasteiger charge is -2.12. The molecular weight excluding hydrogens is 380 g/mol. The molecule has 0 saturated heterocycles. The quantitative estimate of drug-likeness (QED) is 0.578. The molecule has 0 aliphatic heterocycles. The van der Waals surface area contributed by atoms with Gasteiger partial charge >= 0.3 is 0 Å². The normalized spacial score (nSPS) is 10.2. The largest absolute Gasteiger partial charge is 0.497 e. The van der Waals surface area contributed by atoms with E-state index in [4.69, 9.17) is 9.47 Å². The Labute approximate surface area is 175 Å². The first-order valence-corrected chi connectivity index (χ1v) is 9.65. The Bertz CT molecular complexity index is 1020. The van der Waals surface area contributed by atoms with Gasteiger partial charge in [-0.3, -0.25) is 9.59 Å². The van der Waals surface area contributed by atoms with E-state index in [9.17, 15) is 9.59 Å². The zero-order valence-corrected chi connectivity index (χ0v) is 17.0. The Morgan fingerprint density at radius 1 is 0.900 bits per heavy atom. The van der Waals surface area contributed by atoms with E-state index in [2.05, 4.69) is 10.6 Å². The minimum Gasteiger partial charge on any atom is -0.497 e. The number of nitrogens with one attached hydrogen (secondary N) is 2. The summed E-state index contributed by atoms with van der Waals surface area (Å²) >= 11 is 0. The molecule has 0 spiro atoms. The molecule has 30 heavy (non-hydrogen) atoms. The van der Waals surface area contributed by atoms with Gasteiger partial charge in [-0.1, -0.05) is 30.3 Å². The summed E-state index contributed by atoms with van der Waals surface area (Å²) in [6.07, 6.45) is 0.224. The maximum Gasteiger partial charge on any atom is 0.255 e. The fourth-order valence-corrected chi connectivity index (χ4v) is 2.92. The average Bonchev–Trinajstić information content (AvgIpc) is 2.76. The lowest BCUT2D eigenvalue weighted by molar-refractivity contribution is -0.115. The summed E-state index contributed by atoms with van der Waals surface area (Å²) in [5, 5.41) is 5.69. The van der Waals surface area contributed by atoms with E-state index in [1.54, 1.807) is 43.5 Å². The van der Waals surface area contributed by atoms with Crippen molar-refractivity contribution in [1.82, 2.24) is 0 Å². The molecule has 0 unspecified atom stereocenters. The average molecular weight is 404 g/mol. The lowest BCUT2D eigenvalue weighted by Crippen LogP contribution is -2.16. The zero-order chi connectivity index (χ0) is 21.3. The zero-order valence-electron chi connectivity index (χ0n) is 17.0. The van der Waals surface area contributed by atoms with E-state index in [1.165, 1.54) is 0 Å². The number of carbonyl (C=O) groups is 2. The third-order valence-corrected chi connectivity index (χ3v) is 4.37. The van der Waals surface area contributed by atoms with E-state index in [0.29, 0.717) is 29.3 Å². The van der Waals surface area contributed by atoms with Crippen LogP contribution < -0.4 is 20.1 Å². The third kappa shape index (κ3) is 5.61. The molecule has 0 aromatic heterocycles. The summed E-state index contributed by atoms with van der Waals surface area (Å²) in [7, 11) is 1.60. The van der Waals surface area contributed by atoms with Crippen LogP contribution in [0.2, 0.25) is 0 Å². The predicted molar refractivity (Wildman–Crippen MR) is 117 cm³/mol. The monoisotopic (exact) mass is 404 g/mol. The van der Waals surface area contributed by atoms with Crippen molar-refractivity contribution in [3.8, 4) is 11.5 Å². The number of rotatable bonds is 8. The summed E-state index contributed by atoms with van der Waals surface area (Å²) in [6, 6.07) is 21.4. The Hall–Kier alpha value is -3.80. The van der Waals surface area contributed by atoms with Crippen LogP contribution >= 0.6 is 0 Å². The van der Waals surface area contributed by atoms with Crippen molar-refractivity contribution in [1.29, 1.82) is 0 Å². The molecule has 0 saturated carbocycles. The number of carbonyl (C=O) groups excluding carboxylic acids is 2. The van der Waals surface area contributed by atoms with Crippen molar-refractivity contribution in [3.63, 3.8) is 0 Å². The van der Waals surface area contributed by atoms with Crippen LogP contribution in [0.5, 0.6) is 11.5 Å². The minimum absolute atomic E-state index is 0.167. The lowest BCUT2D eigenvalue weighted by atomic mass is 10.1. The van der Waals surface area contributed by atoms with Crippen molar-refractivity contribution in [2.45, 2.75) is 13.3 Å². The number of ether oxygens (including phenoxy) is 2. The highest BCUT2D eigenvalue weighted by atomic mass is 16.5. The molecule has 6 heteroatoms. The first-order valence-electron chi connectivity index (χ1n) is 9.65. The summed E-state index contributed by atoms with van der Waals surface area (Å²) in [4.78, 5) is 25.0. The maximum absolute atomic E-state index is 12.7. The van der Waals surface area contributed by atoms with Gasteiger partial charge in [0.15, 0.2) is 0 Å². The smallest absolute Gasteiger partial charge is 0.255 e. The molecule has 3 aromatic rings. The maximum atomic E-state index is 12.7. The third-order valence-electron chi connectivity index (χ3n) is 4.37. The molecule has 0 atom stereocenters. The van der Waals surface area contributed by atoms with Gasteiger partial charge in [-0.25, -0.2) is 0 Å². The summed E-state index contributed by atoms with van der Waals surface area (Å²) < 4.78 is 10.7. The molecule has 2 N–H and O–H groups in total. The predicted octanol–water partition coefficient (Wildman–Crippen LogP) is 4.53. The Morgan fingerprint density at radius 2 is 1.67 bits per heavy atom. The number of methoxy groups -OCH3 is 1. The van der Waals surface area contributed by atoms with Crippen molar-refractivity contribution in [3.05, 3.63) is 83.9 Å². The topological polar surface area (TPSA) is 76.7 Å². The van der Waals surface area contributed by atoms with Crippen LogP contribution in [0, 0.1) is 0 Å². The van der Waals surface area contributed by atoms with Gasteiger partial charge in [0, 0.05) is 11.3 Å². The van der Waals surface area contributed by atoms with Crippen molar-refractivity contribution in [2.75, 3.05) is 24.4 Å². The van der Waals surface area contributed by atoms with Gasteiger partial charge in [-0.05, 0) is 55.0 Å². The first-order chi connectivity index (χ1) is 14.6. The fraction of sp³-hybridized carbons (Fsp3) is 0.167. The van der Waals surface area contributed by atoms with Gasteiger partial charge in [-0.2, -0.15) is 0 Å². The second kappa shape index (κ2) is 10.1. The molecule has 2 amide bonds.